The van der Waals surface area contributed by atoms with Gasteiger partial charge in [0.05, 0.1) is 5.92 Å². The Labute approximate surface area is 163 Å². The molecule has 26 heavy (non-hydrogen) atoms. The Morgan fingerprint density at radius 1 is 1.08 bits per heavy atom. The maximum absolute atomic E-state index is 12.5. The number of halogens is 2. The van der Waals surface area contributed by atoms with E-state index in [1.54, 1.807) is 42.5 Å². The van der Waals surface area contributed by atoms with Gasteiger partial charge < -0.3 is 10.1 Å². The number of aryl methyl sites for hydroxylation is 1. The molecule has 2 rings (SSSR count). The third-order valence-electron chi connectivity index (χ3n) is 3.95. The molecule has 0 saturated heterocycles. The molecule has 0 unspecified atom stereocenters. The minimum Gasteiger partial charge on any atom is -0.455 e. The van der Waals surface area contributed by atoms with Gasteiger partial charge in [-0.25, -0.2) is 0 Å². The summed E-state index contributed by atoms with van der Waals surface area (Å²) in [5.41, 5.74) is 2.28. The summed E-state index contributed by atoms with van der Waals surface area (Å²) in [6, 6.07) is 12.2. The Kier molecular flexibility index (Phi) is 7.06. The first kappa shape index (κ1) is 20.3. The SMILES string of the molecule is Cc1ccc(NC(=O)COC(=O)[C@@H](c2ccc(Cl)cc2)C(C)C)cc1Cl. The van der Waals surface area contributed by atoms with Crippen LogP contribution in [-0.4, -0.2) is 18.5 Å². The average molecular weight is 394 g/mol. The van der Waals surface area contributed by atoms with Gasteiger partial charge in [0.1, 0.15) is 0 Å². The third-order valence-corrected chi connectivity index (χ3v) is 4.61. The Hall–Kier alpha value is -2.04. The molecule has 0 spiro atoms. The van der Waals surface area contributed by atoms with Gasteiger partial charge in [0.25, 0.3) is 5.91 Å². The van der Waals surface area contributed by atoms with Crippen molar-refractivity contribution in [1.29, 1.82) is 0 Å². The van der Waals surface area contributed by atoms with Gasteiger partial charge in [0.2, 0.25) is 0 Å². The highest BCUT2D eigenvalue weighted by molar-refractivity contribution is 6.31. The van der Waals surface area contributed by atoms with E-state index in [4.69, 9.17) is 27.9 Å². The largest absolute Gasteiger partial charge is 0.455 e. The van der Waals surface area contributed by atoms with Crippen LogP contribution >= 0.6 is 23.2 Å². The number of nitrogens with one attached hydrogen (secondary N) is 1. The smallest absolute Gasteiger partial charge is 0.314 e. The number of rotatable bonds is 6. The molecule has 1 atom stereocenters. The summed E-state index contributed by atoms with van der Waals surface area (Å²) >= 11 is 11.9. The molecule has 0 fully saturated rings. The van der Waals surface area contributed by atoms with Gasteiger partial charge in [0, 0.05) is 15.7 Å². The van der Waals surface area contributed by atoms with Gasteiger partial charge in [0.15, 0.2) is 6.61 Å². The van der Waals surface area contributed by atoms with Crippen molar-refractivity contribution in [2.24, 2.45) is 5.92 Å². The zero-order chi connectivity index (χ0) is 19.3. The van der Waals surface area contributed by atoms with Crippen LogP contribution in [0.15, 0.2) is 42.5 Å². The molecule has 0 aliphatic carbocycles. The van der Waals surface area contributed by atoms with E-state index in [0.717, 1.165) is 11.1 Å². The van der Waals surface area contributed by atoms with E-state index in [1.807, 2.05) is 20.8 Å². The Bertz CT molecular complexity index is 788. The van der Waals surface area contributed by atoms with Crippen LogP contribution in [0.4, 0.5) is 5.69 Å². The molecule has 138 valence electrons. The van der Waals surface area contributed by atoms with Crippen LogP contribution in [-0.2, 0) is 14.3 Å². The fourth-order valence-electron chi connectivity index (χ4n) is 2.56. The van der Waals surface area contributed by atoms with E-state index in [-0.39, 0.29) is 12.5 Å². The lowest BCUT2D eigenvalue weighted by Crippen LogP contribution is -2.26. The molecule has 1 amide bonds. The van der Waals surface area contributed by atoms with Crippen molar-refractivity contribution in [2.45, 2.75) is 26.7 Å². The Morgan fingerprint density at radius 3 is 2.31 bits per heavy atom. The first-order chi connectivity index (χ1) is 12.3. The third kappa shape index (κ3) is 5.48. The van der Waals surface area contributed by atoms with Crippen LogP contribution in [0.2, 0.25) is 10.0 Å². The van der Waals surface area contributed by atoms with E-state index in [1.165, 1.54) is 0 Å². The zero-order valence-electron chi connectivity index (χ0n) is 14.9. The molecule has 0 aliphatic rings. The van der Waals surface area contributed by atoms with Gasteiger partial charge in [-0.1, -0.05) is 55.2 Å². The molecular weight excluding hydrogens is 373 g/mol. The minimum atomic E-state index is -0.464. The first-order valence-electron chi connectivity index (χ1n) is 8.26. The standard InChI is InChI=1S/C20H21Cl2NO3/c1-12(2)19(14-5-7-15(21)8-6-14)20(25)26-11-18(24)23-16-9-4-13(3)17(22)10-16/h4-10,12,19H,11H2,1-3H3,(H,23,24)/t19-/m1/s1. The van der Waals surface area contributed by atoms with Crippen molar-refractivity contribution < 1.29 is 14.3 Å². The number of amides is 1. The minimum absolute atomic E-state index is 0.0163. The number of ether oxygens (including phenoxy) is 1. The highest BCUT2D eigenvalue weighted by Gasteiger charge is 2.26. The number of hydrogen-bond donors (Lipinski definition) is 1. The van der Waals surface area contributed by atoms with Crippen molar-refractivity contribution in [2.75, 3.05) is 11.9 Å². The first-order valence-corrected chi connectivity index (χ1v) is 9.01. The maximum Gasteiger partial charge on any atom is 0.314 e. The molecule has 0 heterocycles. The van der Waals surface area contributed by atoms with Crippen molar-refractivity contribution in [1.82, 2.24) is 0 Å². The fraction of sp³-hybridized carbons (Fsp3) is 0.300. The van der Waals surface area contributed by atoms with Crippen LogP contribution < -0.4 is 5.32 Å². The van der Waals surface area contributed by atoms with Gasteiger partial charge in [-0.15, -0.1) is 0 Å². The molecule has 2 aromatic carbocycles. The normalized spacial score (nSPS) is 11.9. The summed E-state index contributed by atoms with van der Waals surface area (Å²) in [5.74, 6) is -1.31. The number of carbonyl (C=O) groups excluding carboxylic acids is 2. The topological polar surface area (TPSA) is 55.4 Å². The van der Waals surface area contributed by atoms with E-state index in [2.05, 4.69) is 5.32 Å². The van der Waals surface area contributed by atoms with Crippen LogP contribution in [0, 0.1) is 12.8 Å². The molecule has 0 aliphatic heterocycles. The van der Waals surface area contributed by atoms with Crippen LogP contribution in [0.1, 0.15) is 30.9 Å². The van der Waals surface area contributed by atoms with Gasteiger partial charge in [-0.05, 0) is 48.2 Å². The van der Waals surface area contributed by atoms with Gasteiger partial charge >= 0.3 is 5.97 Å². The zero-order valence-corrected chi connectivity index (χ0v) is 16.4. The number of hydrogen-bond acceptors (Lipinski definition) is 3. The quantitative estimate of drug-likeness (QED) is 0.684. The number of esters is 1. The molecule has 1 N–H and O–H groups in total. The predicted octanol–water partition coefficient (Wildman–Crippen LogP) is 5.22. The van der Waals surface area contributed by atoms with Gasteiger partial charge in [-0.3, -0.25) is 9.59 Å². The molecule has 4 nitrogen and oxygen atoms in total. The fourth-order valence-corrected chi connectivity index (χ4v) is 2.86. The van der Waals surface area contributed by atoms with E-state index in [0.29, 0.717) is 15.7 Å². The average Bonchev–Trinajstić information content (AvgIpc) is 2.58. The molecule has 0 aromatic heterocycles. The summed E-state index contributed by atoms with van der Waals surface area (Å²) in [7, 11) is 0. The molecule has 6 heteroatoms. The summed E-state index contributed by atoms with van der Waals surface area (Å²) in [6.45, 7) is 5.36. The second-order valence-electron chi connectivity index (χ2n) is 6.39. The molecule has 0 saturated carbocycles. The van der Waals surface area contributed by atoms with Crippen molar-refractivity contribution in [3.63, 3.8) is 0 Å². The number of benzene rings is 2. The van der Waals surface area contributed by atoms with Crippen molar-refractivity contribution >= 4 is 40.8 Å². The predicted molar refractivity (Wildman–Crippen MR) is 105 cm³/mol. The monoisotopic (exact) mass is 393 g/mol. The Balaban J connectivity index is 1.97. The maximum atomic E-state index is 12.5. The van der Waals surface area contributed by atoms with Crippen LogP contribution in [0.3, 0.4) is 0 Å². The molecule has 0 radical (unpaired) electrons. The lowest BCUT2D eigenvalue weighted by atomic mass is 9.88. The number of carbonyl (C=O) groups is 2. The Morgan fingerprint density at radius 2 is 1.73 bits per heavy atom. The lowest BCUT2D eigenvalue weighted by Gasteiger charge is -2.20. The van der Waals surface area contributed by atoms with Gasteiger partial charge in [-0.2, -0.15) is 0 Å². The van der Waals surface area contributed by atoms with Crippen molar-refractivity contribution in [3.05, 3.63) is 63.6 Å². The summed E-state index contributed by atoms with van der Waals surface area (Å²) < 4.78 is 5.22. The van der Waals surface area contributed by atoms with E-state index >= 15 is 0 Å². The summed E-state index contributed by atoms with van der Waals surface area (Å²) in [4.78, 5) is 24.5. The summed E-state index contributed by atoms with van der Waals surface area (Å²) in [5, 5.41) is 3.82. The van der Waals surface area contributed by atoms with E-state index < -0.39 is 17.8 Å². The summed E-state index contributed by atoms with van der Waals surface area (Å²) in [6.07, 6.45) is 0. The highest BCUT2D eigenvalue weighted by Crippen LogP contribution is 2.27. The van der Waals surface area contributed by atoms with Crippen LogP contribution in [0.5, 0.6) is 0 Å². The second kappa shape index (κ2) is 9.06. The molecule has 2 aromatic rings. The number of anilines is 1. The second-order valence-corrected chi connectivity index (χ2v) is 7.24. The lowest BCUT2D eigenvalue weighted by molar-refractivity contribution is -0.149. The molecule has 0 bridgehead atoms. The van der Waals surface area contributed by atoms with Crippen LogP contribution in [0.25, 0.3) is 0 Å². The van der Waals surface area contributed by atoms with E-state index in [9.17, 15) is 9.59 Å². The highest BCUT2D eigenvalue weighted by atomic mass is 35.5. The molecular formula is C20H21Cl2NO3. The van der Waals surface area contributed by atoms with Crippen molar-refractivity contribution in [3.8, 4) is 0 Å².